The Morgan fingerprint density at radius 2 is 2.20 bits per heavy atom. The predicted molar refractivity (Wildman–Crippen MR) is 54.7 cm³/mol. The van der Waals surface area contributed by atoms with Gasteiger partial charge in [-0.2, -0.15) is 14.0 Å². The number of hydrogen-bond donors (Lipinski definition) is 0. The minimum absolute atomic E-state index is 0.112. The van der Waals surface area contributed by atoms with Gasteiger partial charge in [-0.05, 0) is 30.2 Å². The van der Waals surface area contributed by atoms with Crippen LogP contribution in [0.3, 0.4) is 0 Å². The van der Waals surface area contributed by atoms with Crippen LogP contribution in [0.4, 0.5) is 8.78 Å². The van der Waals surface area contributed by atoms with Crippen LogP contribution in [0.15, 0.2) is 22.7 Å². The maximum absolute atomic E-state index is 11.9. The molecule has 0 atom stereocenters. The third-order valence-electron chi connectivity index (χ3n) is 1.75. The van der Waals surface area contributed by atoms with Gasteiger partial charge in [0.2, 0.25) is 0 Å². The van der Waals surface area contributed by atoms with Crippen LogP contribution in [0.2, 0.25) is 0 Å². The molecular weight excluding hydrogens is 268 g/mol. The number of rotatable bonds is 4. The average Bonchev–Trinajstić information content (AvgIpc) is 2.18. The summed E-state index contributed by atoms with van der Waals surface area (Å²) in [5, 5.41) is 8.42. The van der Waals surface area contributed by atoms with Crippen LogP contribution in [0, 0.1) is 11.3 Å². The molecule has 0 heterocycles. The molecule has 0 unspecified atom stereocenters. The van der Waals surface area contributed by atoms with E-state index in [0.29, 0.717) is 12.8 Å². The molecule has 0 radical (unpaired) electrons. The van der Waals surface area contributed by atoms with E-state index in [2.05, 4.69) is 20.7 Å². The molecule has 0 spiro atoms. The molecule has 0 aromatic heterocycles. The predicted octanol–water partition coefficient (Wildman–Crippen LogP) is 3.51. The molecule has 0 aliphatic heterocycles. The number of aryl methyl sites for hydroxylation is 1. The number of nitriles is 1. The van der Waals surface area contributed by atoms with Crippen molar-refractivity contribution in [2.75, 3.05) is 0 Å². The quantitative estimate of drug-likeness (QED) is 0.843. The first-order valence-electron chi connectivity index (χ1n) is 4.23. The molecule has 2 nitrogen and oxygen atoms in total. The van der Waals surface area contributed by atoms with E-state index in [1.807, 2.05) is 6.07 Å². The van der Waals surface area contributed by atoms with Gasteiger partial charge < -0.3 is 4.74 Å². The molecule has 0 aliphatic carbocycles. The summed E-state index contributed by atoms with van der Waals surface area (Å²) >= 11 is 3.27. The Morgan fingerprint density at radius 1 is 1.47 bits per heavy atom. The summed E-state index contributed by atoms with van der Waals surface area (Å²) in [6, 6.07) is 6.58. The zero-order valence-corrected chi connectivity index (χ0v) is 9.30. The summed E-state index contributed by atoms with van der Waals surface area (Å²) < 4.78 is 28.9. The molecule has 1 aromatic carbocycles. The second-order valence-corrected chi connectivity index (χ2v) is 3.64. The van der Waals surface area contributed by atoms with Gasteiger partial charge in [-0.25, -0.2) is 0 Å². The fourth-order valence-electron chi connectivity index (χ4n) is 1.11. The lowest BCUT2D eigenvalue weighted by Crippen LogP contribution is -2.02. The van der Waals surface area contributed by atoms with E-state index < -0.39 is 6.61 Å². The van der Waals surface area contributed by atoms with Crippen molar-refractivity contribution in [3.8, 4) is 11.8 Å². The average molecular weight is 276 g/mol. The van der Waals surface area contributed by atoms with E-state index in [4.69, 9.17) is 5.26 Å². The molecule has 15 heavy (non-hydrogen) atoms. The lowest BCUT2D eigenvalue weighted by molar-refractivity contribution is -0.0498. The first-order chi connectivity index (χ1) is 7.13. The van der Waals surface area contributed by atoms with Gasteiger partial charge in [-0.1, -0.05) is 15.9 Å². The van der Waals surface area contributed by atoms with E-state index in [-0.39, 0.29) is 5.75 Å². The molecule has 0 bridgehead atoms. The Bertz CT molecular complexity index is 376. The summed E-state index contributed by atoms with van der Waals surface area (Å²) in [6.45, 7) is -2.82. The van der Waals surface area contributed by atoms with Crippen LogP contribution in [-0.4, -0.2) is 6.61 Å². The second kappa shape index (κ2) is 5.66. The Hall–Kier alpha value is -1.15. The monoisotopic (exact) mass is 275 g/mol. The van der Waals surface area contributed by atoms with E-state index in [9.17, 15) is 8.78 Å². The van der Waals surface area contributed by atoms with Gasteiger partial charge in [0.05, 0.1) is 6.07 Å². The van der Waals surface area contributed by atoms with E-state index in [1.165, 1.54) is 12.1 Å². The highest BCUT2D eigenvalue weighted by atomic mass is 79.9. The number of ether oxygens (including phenoxy) is 1. The number of nitrogens with zero attached hydrogens (tertiary/aromatic N) is 1. The van der Waals surface area contributed by atoms with E-state index >= 15 is 0 Å². The zero-order chi connectivity index (χ0) is 11.3. The zero-order valence-electron chi connectivity index (χ0n) is 7.71. The summed E-state index contributed by atoms with van der Waals surface area (Å²) in [5.41, 5.74) is 0.787. The largest absolute Gasteiger partial charge is 0.435 e. The van der Waals surface area contributed by atoms with Crippen LogP contribution < -0.4 is 4.74 Å². The van der Waals surface area contributed by atoms with Crippen molar-refractivity contribution in [2.24, 2.45) is 0 Å². The van der Waals surface area contributed by atoms with Crippen molar-refractivity contribution in [2.45, 2.75) is 19.5 Å². The standard InChI is InChI=1S/C10H8BrF2NO/c11-9-4-3-8(15-10(12)13)6-7(9)2-1-5-14/h3-4,6,10H,1-2H2. The summed E-state index contributed by atoms with van der Waals surface area (Å²) in [6.07, 6.45) is 0.855. The number of alkyl halides is 2. The normalized spacial score (nSPS) is 10.1. The van der Waals surface area contributed by atoms with Crippen molar-refractivity contribution in [3.63, 3.8) is 0 Å². The Balaban J connectivity index is 2.81. The fraction of sp³-hybridized carbons (Fsp3) is 0.300. The van der Waals surface area contributed by atoms with Gasteiger partial charge in [0.25, 0.3) is 0 Å². The van der Waals surface area contributed by atoms with Crippen LogP contribution in [0.1, 0.15) is 12.0 Å². The first kappa shape index (κ1) is 11.9. The molecule has 0 saturated carbocycles. The molecule has 0 N–H and O–H groups in total. The SMILES string of the molecule is N#CCCc1cc(OC(F)F)ccc1Br. The van der Waals surface area contributed by atoms with E-state index in [0.717, 1.165) is 10.0 Å². The topological polar surface area (TPSA) is 33.0 Å². The Morgan fingerprint density at radius 3 is 2.80 bits per heavy atom. The molecule has 1 aromatic rings. The number of benzene rings is 1. The molecule has 5 heteroatoms. The van der Waals surface area contributed by atoms with Crippen molar-refractivity contribution in [3.05, 3.63) is 28.2 Å². The molecule has 0 aliphatic rings. The third-order valence-corrected chi connectivity index (χ3v) is 2.52. The molecule has 1 rings (SSSR count). The molecule has 80 valence electrons. The highest BCUT2D eigenvalue weighted by molar-refractivity contribution is 9.10. The minimum Gasteiger partial charge on any atom is -0.435 e. The molecular formula is C10H8BrF2NO. The first-order valence-corrected chi connectivity index (χ1v) is 5.03. The highest BCUT2D eigenvalue weighted by Crippen LogP contribution is 2.24. The maximum Gasteiger partial charge on any atom is 0.387 e. The van der Waals surface area contributed by atoms with Crippen molar-refractivity contribution < 1.29 is 13.5 Å². The van der Waals surface area contributed by atoms with Gasteiger partial charge >= 0.3 is 6.61 Å². The smallest absolute Gasteiger partial charge is 0.387 e. The lowest BCUT2D eigenvalue weighted by Gasteiger charge is -2.07. The minimum atomic E-state index is -2.82. The van der Waals surface area contributed by atoms with Crippen LogP contribution in [0.25, 0.3) is 0 Å². The second-order valence-electron chi connectivity index (χ2n) is 2.79. The Labute approximate surface area is 94.6 Å². The molecule has 0 amide bonds. The number of hydrogen-bond acceptors (Lipinski definition) is 2. The molecule has 0 fully saturated rings. The number of halogens is 3. The van der Waals surface area contributed by atoms with Gasteiger partial charge in [-0.3, -0.25) is 0 Å². The Kier molecular flexibility index (Phi) is 4.50. The summed E-state index contributed by atoms with van der Waals surface area (Å²) in [4.78, 5) is 0. The summed E-state index contributed by atoms with van der Waals surface area (Å²) in [7, 11) is 0. The van der Waals surface area contributed by atoms with Crippen molar-refractivity contribution in [1.29, 1.82) is 5.26 Å². The van der Waals surface area contributed by atoms with Crippen LogP contribution >= 0.6 is 15.9 Å². The van der Waals surface area contributed by atoms with E-state index in [1.54, 1.807) is 6.07 Å². The molecule has 0 saturated heterocycles. The van der Waals surface area contributed by atoms with Gasteiger partial charge in [0, 0.05) is 10.9 Å². The summed E-state index contributed by atoms with van der Waals surface area (Å²) in [5.74, 6) is 0.112. The highest BCUT2D eigenvalue weighted by Gasteiger charge is 2.07. The van der Waals surface area contributed by atoms with Crippen LogP contribution in [0.5, 0.6) is 5.75 Å². The van der Waals surface area contributed by atoms with Crippen molar-refractivity contribution in [1.82, 2.24) is 0 Å². The van der Waals surface area contributed by atoms with Gasteiger partial charge in [0.1, 0.15) is 5.75 Å². The maximum atomic E-state index is 11.9. The fourth-order valence-corrected chi connectivity index (χ4v) is 1.55. The van der Waals surface area contributed by atoms with Gasteiger partial charge in [-0.15, -0.1) is 0 Å². The van der Waals surface area contributed by atoms with Gasteiger partial charge in [0.15, 0.2) is 0 Å². The van der Waals surface area contributed by atoms with Crippen molar-refractivity contribution >= 4 is 15.9 Å². The lowest BCUT2D eigenvalue weighted by atomic mass is 10.1. The van der Waals surface area contributed by atoms with Crippen LogP contribution in [-0.2, 0) is 6.42 Å². The third kappa shape index (κ3) is 3.84.